The lowest BCUT2D eigenvalue weighted by Gasteiger charge is -2.14. The molecule has 0 saturated carbocycles. The minimum Gasteiger partial charge on any atom is -0.256 e. The van der Waals surface area contributed by atoms with Gasteiger partial charge in [0, 0.05) is 33.8 Å². The van der Waals surface area contributed by atoms with Gasteiger partial charge in [-0.25, -0.2) is 15.0 Å². The quantitative estimate of drug-likeness (QED) is 0.146. The molecule has 0 atom stereocenters. The average Bonchev–Trinajstić information content (AvgIpc) is 3.39. The van der Waals surface area contributed by atoms with Crippen molar-refractivity contribution in [3.05, 3.63) is 243 Å². The van der Waals surface area contributed by atoms with Crippen LogP contribution in [-0.4, -0.2) is 19.9 Å². The van der Waals surface area contributed by atoms with Gasteiger partial charge >= 0.3 is 0 Å². The summed E-state index contributed by atoms with van der Waals surface area (Å²) in [6.07, 6.45) is 1.88. The average molecular weight is 817 g/mol. The molecule has 9 aromatic carbocycles. The fourth-order valence-corrected chi connectivity index (χ4v) is 8.50. The molecule has 2 heterocycles. The molecule has 64 heavy (non-hydrogen) atoms. The molecule has 4 nitrogen and oxygen atoms in total. The van der Waals surface area contributed by atoms with E-state index in [1.807, 2.05) is 18.3 Å². The molecule has 4 heteroatoms. The summed E-state index contributed by atoms with van der Waals surface area (Å²) in [4.78, 5) is 20.9. The van der Waals surface area contributed by atoms with Crippen LogP contribution >= 0.6 is 0 Å². The highest BCUT2D eigenvalue weighted by molar-refractivity contribution is 5.95. The third-order valence-electron chi connectivity index (χ3n) is 11.7. The number of fused-ring (bicyclic) bond motifs is 1. The highest BCUT2D eigenvalue weighted by Gasteiger charge is 2.18. The molecule has 0 unspecified atom stereocenters. The molecule has 2 aromatic heterocycles. The summed E-state index contributed by atoms with van der Waals surface area (Å²) in [5, 5.41) is 2.23. The maximum Gasteiger partial charge on any atom is 0.164 e. The molecule has 300 valence electrons. The molecule has 0 fully saturated rings. The van der Waals surface area contributed by atoms with Gasteiger partial charge in [-0.05, 0) is 116 Å². The lowest BCUT2D eigenvalue weighted by molar-refractivity contribution is 1.07. The number of rotatable bonds is 9. The lowest BCUT2D eigenvalue weighted by Crippen LogP contribution is -2.01. The van der Waals surface area contributed by atoms with Crippen LogP contribution in [0.5, 0.6) is 0 Å². The Morgan fingerprint density at radius 1 is 0.219 bits per heavy atom. The van der Waals surface area contributed by atoms with Gasteiger partial charge in [-0.1, -0.05) is 182 Å². The fourth-order valence-electron chi connectivity index (χ4n) is 8.50. The van der Waals surface area contributed by atoms with E-state index in [1.165, 1.54) is 5.56 Å². The first-order valence-corrected chi connectivity index (χ1v) is 21.5. The maximum absolute atomic E-state index is 5.39. The Morgan fingerprint density at radius 2 is 0.547 bits per heavy atom. The molecule has 0 radical (unpaired) electrons. The van der Waals surface area contributed by atoms with Crippen molar-refractivity contribution in [1.82, 2.24) is 19.9 Å². The first-order valence-electron chi connectivity index (χ1n) is 21.5. The van der Waals surface area contributed by atoms with Gasteiger partial charge in [-0.3, -0.25) is 4.98 Å². The second-order valence-electron chi connectivity index (χ2n) is 15.9. The highest BCUT2D eigenvalue weighted by Crippen LogP contribution is 2.37. The summed E-state index contributed by atoms with van der Waals surface area (Å²) < 4.78 is 0. The molecule has 11 rings (SSSR count). The number of benzene rings is 9. The minimum atomic E-state index is 0.575. The van der Waals surface area contributed by atoms with Crippen molar-refractivity contribution in [2.45, 2.75) is 0 Å². The van der Waals surface area contributed by atoms with Crippen molar-refractivity contribution in [3.8, 4) is 101 Å². The minimum absolute atomic E-state index is 0.575. The maximum atomic E-state index is 5.39. The second kappa shape index (κ2) is 17.0. The van der Waals surface area contributed by atoms with Gasteiger partial charge in [-0.15, -0.1) is 0 Å². The number of aromatic nitrogens is 4. The van der Waals surface area contributed by atoms with Crippen LogP contribution < -0.4 is 0 Å². The monoisotopic (exact) mass is 816 g/mol. The van der Waals surface area contributed by atoms with Crippen molar-refractivity contribution < 1.29 is 0 Å². The summed E-state index contributed by atoms with van der Waals surface area (Å²) in [6, 6.07) is 82.9. The normalized spacial score (nSPS) is 11.1. The van der Waals surface area contributed by atoms with Crippen LogP contribution in [0.15, 0.2) is 243 Å². The van der Waals surface area contributed by atoms with Crippen molar-refractivity contribution in [2.75, 3.05) is 0 Å². The number of hydrogen-bond donors (Lipinski definition) is 0. The van der Waals surface area contributed by atoms with Crippen molar-refractivity contribution in [1.29, 1.82) is 0 Å². The summed E-state index contributed by atoms with van der Waals surface area (Å²) >= 11 is 0. The molecule has 0 N–H and O–H groups in total. The van der Waals surface area contributed by atoms with Gasteiger partial charge in [0.05, 0.1) is 5.69 Å². The Labute approximate surface area is 373 Å². The van der Waals surface area contributed by atoms with E-state index in [4.69, 9.17) is 19.9 Å². The number of pyridine rings is 1. The Bertz CT molecular complexity index is 3360. The van der Waals surface area contributed by atoms with Crippen molar-refractivity contribution >= 4 is 10.8 Å². The largest absolute Gasteiger partial charge is 0.256 e. The van der Waals surface area contributed by atoms with E-state index in [-0.39, 0.29) is 0 Å². The lowest BCUT2D eigenvalue weighted by atomic mass is 9.94. The van der Waals surface area contributed by atoms with Crippen LogP contribution in [0.25, 0.3) is 112 Å². The zero-order valence-electron chi connectivity index (χ0n) is 34.9. The van der Waals surface area contributed by atoms with Gasteiger partial charge in [0.15, 0.2) is 17.5 Å². The smallest absolute Gasteiger partial charge is 0.164 e. The molecule has 0 saturated heterocycles. The van der Waals surface area contributed by atoms with Gasteiger partial charge < -0.3 is 0 Å². The van der Waals surface area contributed by atoms with Gasteiger partial charge in [0.2, 0.25) is 0 Å². The molecular formula is C60H40N4. The fraction of sp³-hybridized carbons (Fsp3) is 0. The number of hydrogen-bond acceptors (Lipinski definition) is 4. The van der Waals surface area contributed by atoms with E-state index in [0.29, 0.717) is 17.5 Å². The van der Waals surface area contributed by atoms with Crippen molar-refractivity contribution in [3.63, 3.8) is 0 Å². The molecule has 0 aliphatic carbocycles. The third kappa shape index (κ3) is 7.88. The molecule has 0 aliphatic rings. The Balaban J connectivity index is 1.14. The van der Waals surface area contributed by atoms with E-state index < -0.39 is 0 Å². The standard InChI is InChI=1S/C60H40N4/c1-5-17-41(18-6-1)46-26-15-27-47(33-46)53-36-52(44-23-11-4-12-24-44)39-55(40-53)60-63-58(49-29-16-28-48(34-49)57-56-30-14-13-25-45(56)31-32-61-57)62-59(64-60)54-37-50(42-19-7-2-8-20-42)35-51(38-54)43-21-9-3-10-22-43/h1-40H. The van der Waals surface area contributed by atoms with Crippen LogP contribution in [-0.2, 0) is 0 Å². The Morgan fingerprint density at radius 3 is 1.06 bits per heavy atom. The highest BCUT2D eigenvalue weighted by atomic mass is 15.0. The van der Waals surface area contributed by atoms with Crippen molar-refractivity contribution in [2.24, 2.45) is 0 Å². The Hall–Kier alpha value is -8.60. The summed E-state index contributed by atoms with van der Waals surface area (Å²) in [6.45, 7) is 0. The topological polar surface area (TPSA) is 51.6 Å². The molecule has 0 aliphatic heterocycles. The molecule has 11 aromatic rings. The predicted molar refractivity (Wildman–Crippen MR) is 264 cm³/mol. The zero-order valence-corrected chi connectivity index (χ0v) is 34.9. The number of nitrogens with zero attached hydrogens (tertiary/aromatic N) is 4. The van der Waals surface area contributed by atoms with Gasteiger partial charge in [-0.2, -0.15) is 0 Å². The van der Waals surface area contributed by atoms with E-state index >= 15 is 0 Å². The molecule has 0 spiro atoms. The predicted octanol–water partition coefficient (Wildman–Crippen LogP) is 15.4. The van der Waals surface area contributed by atoms with Gasteiger partial charge in [0.25, 0.3) is 0 Å². The first kappa shape index (κ1) is 38.3. The Kier molecular flexibility index (Phi) is 10.2. The van der Waals surface area contributed by atoms with E-state index in [9.17, 15) is 0 Å². The van der Waals surface area contributed by atoms with Crippen LogP contribution in [0.4, 0.5) is 0 Å². The van der Waals surface area contributed by atoms with Crippen LogP contribution in [0.2, 0.25) is 0 Å². The summed E-state index contributed by atoms with van der Waals surface area (Å²) in [5.41, 5.74) is 15.6. The second-order valence-corrected chi connectivity index (χ2v) is 15.9. The van der Waals surface area contributed by atoms with Crippen LogP contribution in [0.1, 0.15) is 0 Å². The molecule has 0 bridgehead atoms. The van der Waals surface area contributed by atoms with Gasteiger partial charge in [0.1, 0.15) is 0 Å². The summed E-state index contributed by atoms with van der Waals surface area (Å²) in [7, 11) is 0. The SMILES string of the molecule is c1ccc(-c2cccc(-c3cc(-c4ccccc4)cc(-c4nc(-c5cc(-c6ccccc6)cc(-c6ccccc6)c5)nc(-c5cccc(-c6nccc7ccccc67)c5)n4)c3)c2)cc1. The van der Waals surface area contributed by atoms with E-state index in [0.717, 1.165) is 88.8 Å². The van der Waals surface area contributed by atoms with E-state index in [2.05, 4.69) is 224 Å². The molecule has 0 amide bonds. The zero-order chi connectivity index (χ0) is 42.7. The van der Waals surface area contributed by atoms with E-state index in [1.54, 1.807) is 0 Å². The molecular weight excluding hydrogens is 777 g/mol. The first-order chi connectivity index (χ1) is 31.7. The third-order valence-corrected chi connectivity index (χ3v) is 11.7. The summed E-state index contributed by atoms with van der Waals surface area (Å²) in [5.74, 6) is 1.74. The van der Waals surface area contributed by atoms with Crippen LogP contribution in [0.3, 0.4) is 0 Å². The van der Waals surface area contributed by atoms with Crippen LogP contribution in [0, 0.1) is 0 Å².